The first kappa shape index (κ1) is 20.4. The first-order valence-corrected chi connectivity index (χ1v) is 11.9. The topological polar surface area (TPSA) is 51.6 Å². The molecule has 0 bridgehead atoms. The Labute approximate surface area is 208 Å². The lowest BCUT2D eigenvalue weighted by molar-refractivity contribution is 1.21. The third-order valence-corrected chi connectivity index (χ3v) is 6.62. The van der Waals surface area contributed by atoms with Gasteiger partial charge < -0.3 is 0 Å². The highest BCUT2D eigenvalue weighted by molar-refractivity contribution is 6.05. The van der Waals surface area contributed by atoms with Crippen LogP contribution >= 0.6 is 0 Å². The Hall–Kier alpha value is -4.96. The molecule has 0 aliphatic carbocycles. The maximum absolute atomic E-state index is 5.13. The standard InChI is InChI=1S/C32H20N4/c1-2-6-26-21(4-1)5-3-7-27(26)29-17-15-25-13-12-24-14-16-28(35-31(24)32(25)36-29)22-8-10-23(11-9-22)30-20-33-18-19-34-30/h1-20H. The molecule has 168 valence electrons. The highest BCUT2D eigenvalue weighted by atomic mass is 14.8. The van der Waals surface area contributed by atoms with Crippen LogP contribution in [0.2, 0.25) is 0 Å². The zero-order valence-electron chi connectivity index (χ0n) is 19.3. The van der Waals surface area contributed by atoms with Crippen molar-refractivity contribution < 1.29 is 0 Å². The van der Waals surface area contributed by atoms with Crippen molar-refractivity contribution in [2.24, 2.45) is 0 Å². The summed E-state index contributed by atoms with van der Waals surface area (Å²) in [6.07, 6.45) is 5.16. The number of pyridine rings is 2. The van der Waals surface area contributed by atoms with E-state index in [0.29, 0.717) is 0 Å². The van der Waals surface area contributed by atoms with E-state index in [0.717, 1.165) is 55.6 Å². The van der Waals surface area contributed by atoms with E-state index in [1.165, 1.54) is 10.8 Å². The third kappa shape index (κ3) is 3.48. The fraction of sp³-hybridized carbons (Fsp3) is 0. The van der Waals surface area contributed by atoms with Gasteiger partial charge in [-0.1, -0.05) is 91.0 Å². The van der Waals surface area contributed by atoms with Gasteiger partial charge in [0.15, 0.2) is 0 Å². The lowest BCUT2D eigenvalue weighted by Crippen LogP contribution is -1.91. The Morgan fingerprint density at radius 3 is 1.83 bits per heavy atom. The van der Waals surface area contributed by atoms with Gasteiger partial charge in [0.1, 0.15) is 0 Å². The van der Waals surface area contributed by atoms with Crippen molar-refractivity contribution in [1.29, 1.82) is 0 Å². The SMILES string of the molecule is c1ccc2c(-c3ccc4ccc5ccc(-c6ccc(-c7cnccn7)cc6)nc5c4n3)cccc2c1. The molecular weight excluding hydrogens is 440 g/mol. The second kappa shape index (κ2) is 8.36. The van der Waals surface area contributed by atoms with Gasteiger partial charge in [0.05, 0.1) is 34.3 Å². The molecule has 0 saturated heterocycles. The Morgan fingerprint density at radius 1 is 0.444 bits per heavy atom. The van der Waals surface area contributed by atoms with Crippen molar-refractivity contribution in [1.82, 2.24) is 19.9 Å². The summed E-state index contributed by atoms with van der Waals surface area (Å²) >= 11 is 0. The average Bonchev–Trinajstić information content (AvgIpc) is 2.97. The first-order chi connectivity index (χ1) is 17.8. The summed E-state index contributed by atoms with van der Waals surface area (Å²) in [5.74, 6) is 0. The van der Waals surface area contributed by atoms with E-state index in [2.05, 4.69) is 113 Å². The van der Waals surface area contributed by atoms with E-state index in [4.69, 9.17) is 9.97 Å². The second-order valence-corrected chi connectivity index (χ2v) is 8.80. The number of hydrogen-bond acceptors (Lipinski definition) is 4. The molecule has 0 saturated carbocycles. The summed E-state index contributed by atoms with van der Waals surface area (Å²) in [7, 11) is 0. The molecule has 0 unspecified atom stereocenters. The van der Waals surface area contributed by atoms with Gasteiger partial charge in [0, 0.05) is 39.9 Å². The van der Waals surface area contributed by atoms with Gasteiger partial charge in [-0.25, -0.2) is 9.97 Å². The molecule has 0 aliphatic heterocycles. The molecule has 0 amide bonds. The minimum Gasteiger partial charge on any atom is -0.261 e. The van der Waals surface area contributed by atoms with Crippen molar-refractivity contribution in [3.63, 3.8) is 0 Å². The molecule has 3 heterocycles. The molecule has 4 heteroatoms. The Bertz CT molecular complexity index is 1870. The molecule has 0 aliphatic rings. The normalized spacial score (nSPS) is 11.3. The zero-order chi connectivity index (χ0) is 23.9. The van der Waals surface area contributed by atoms with Crippen molar-refractivity contribution >= 4 is 32.6 Å². The molecule has 0 spiro atoms. The quantitative estimate of drug-likeness (QED) is 0.253. The molecule has 0 N–H and O–H groups in total. The van der Waals surface area contributed by atoms with E-state index in [1.54, 1.807) is 18.6 Å². The van der Waals surface area contributed by atoms with Crippen molar-refractivity contribution in [2.75, 3.05) is 0 Å². The van der Waals surface area contributed by atoms with E-state index >= 15 is 0 Å². The molecule has 36 heavy (non-hydrogen) atoms. The number of nitrogens with zero attached hydrogens (tertiary/aromatic N) is 4. The fourth-order valence-corrected chi connectivity index (χ4v) is 4.79. The summed E-state index contributed by atoms with van der Waals surface area (Å²) in [5, 5.41) is 4.56. The Balaban J connectivity index is 1.36. The molecule has 7 aromatic rings. The van der Waals surface area contributed by atoms with Crippen LogP contribution in [0.4, 0.5) is 0 Å². The monoisotopic (exact) mass is 460 g/mol. The number of rotatable bonds is 3. The van der Waals surface area contributed by atoms with Crippen LogP contribution in [0.3, 0.4) is 0 Å². The lowest BCUT2D eigenvalue weighted by atomic mass is 10.0. The maximum Gasteiger partial charge on any atom is 0.0972 e. The van der Waals surface area contributed by atoms with Crippen molar-refractivity contribution in [2.45, 2.75) is 0 Å². The Kier molecular flexibility index (Phi) is 4.74. The Morgan fingerprint density at radius 2 is 1.08 bits per heavy atom. The van der Waals surface area contributed by atoms with Gasteiger partial charge in [-0.15, -0.1) is 0 Å². The summed E-state index contributed by atoms with van der Waals surface area (Å²) in [4.78, 5) is 18.8. The van der Waals surface area contributed by atoms with Crippen LogP contribution < -0.4 is 0 Å². The van der Waals surface area contributed by atoms with Crippen LogP contribution in [0.15, 0.2) is 122 Å². The van der Waals surface area contributed by atoms with Crippen molar-refractivity contribution in [3.05, 3.63) is 122 Å². The lowest BCUT2D eigenvalue weighted by Gasteiger charge is -2.10. The summed E-state index contributed by atoms with van der Waals surface area (Å²) < 4.78 is 0. The molecule has 3 aromatic heterocycles. The predicted molar refractivity (Wildman–Crippen MR) is 146 cm³/mol. The zero-order valence-corrected chi connectivity index (χ0v) is 19.3. The van der Waals surface area contributed by atoms with Gasteiger partial charge in [-0.2, -0.15) is 0 Å². The molecule has 0 radical (unpaired) electrons. The molecular formula is C32H20N4. The number of hydrogen-bond donors (Lipinski definition) is 0. The number of benzene rings is 4. The summed E-state index contributed by atoms with van der Waals surface area (Å²) in [5.41, 5.74) is 7.74. The van der Waals surface area contributed by atoms with E-state index in [-0.39, 0.29) is 0 Å². The molecule has 4 nitrogen and oxygen atoms in total. The van der Waals surface area contributed by atoms with Gasteiger partial charge in [-0.05, 0) is 22.9 Å². The smallest absolute Gasteiger partial charge is 0.0972 e. The molecule has 4 aromatic carbocycles. The molecule has 7 rings (SSSR count). The highest BCUT2D eigenvalue weighted by Gasteiger charge is 2.10. The first-order valence-electron chi connectivity index (χ1n) is 11.9. The minimum atomic E-state index is 0.853. The highest BCUT2D eigenvalue weighted by Crippen LogP contribution is 2.32. The second-order valence-electron chi connectivity index (χ2n) is 8.80. The molecule has 0 fully saturated rings. The summed E-state index contributed by atoms with van der Waals surface area (Å²) in [6.45, 7) is 0. The average molecular weight is 461 g/mol. The van der Waals surface area contributed by atoms with E-state index < -0.39 is 0 Å². The van der Waals surface area contributed by atoms with Crippen LogP contribution in [0.25, 0.3) is 66.4 Å². The van der Waals surface area contributed by atoms with Gasteiger partial charge in [-0.3, -0.25) is 9.97 Å². The largest absolute Gasteiger partial charge is 0.261 e. The van der Waals surface area contributed by atoms with E-state index in [1.807, 2.05) is 0 Å². The third-order valence-electron chi connectivity index (χ3n) is 6.62. The number of aromatic nitrogens is 4. The predicted octanol–water partition coefficient (Wildman–Crippen LogP) is 7.73. The van der Waals surface area contributed by atoms with Gasteiger partial charge in [0.25, 0.3) is 0 Å². The van der Waals surface area contributed by atoms with E-state index in [9.17, 15) is 0 Å². The van der Waals surface area contributed by atoms with Crippen LogP contribution in [0.1, 0.15) is 0 Å². The molecule has 0 atom stereocenters. The minimum absolute atomic E-state index is 0.853. The van der Waals surface area contributed by atoms with Gasteiger partial charge in [0.2, 0.25) is 0 Å². The van der Waals surface area contributed by atoms with Crippen LogP contribution in [-0.2, 0) is 0 Å². The van der Waals surface area contributed by atoms with Crippen LogP contribution in [0, 0.1) is 0 Å². The van der Waals surface area contributed by atoms with Crippen LogP contribution in [-0.4, -0.2) is 19.9 Å². The summed E-state index contributed by atoms with van der Waals surface area (Å²) in [6, 6.07) is 35.8. The maximum atomic E-state index is 5.13. The van der Waals surface area contributed by atoms with Crippen molar-refractivity contribution in [3.8, 4) is 33.8 Å². The number of fused-ring (bicyclic) bond motifs is 4. The fourth-order valence-electron chi connectivity index (χ4n) is 4.79. The van der Waals surface area contributed by atoms with Crippen LogP contribution in [0.5, 0.6) is 0 Å². The van der Waals surface area contributed by atoms with Gasteiger partial charge >= 0.3 is 0 Å².